The van der Waals surface area contributed by atoms with Crippen LogP contribution in [0.1, 0.15) is 30.0 Å². The van der Waals surface area contributed by atoms with Crippen molar-refractivity contribution in [3.05, 3.63) is 59.4 Å². The van der Waals surface area contributed by atoms with Gasteiger partial charge in [0, 0.05) is 21.4 Å². The molecule has 20 heavy (non-hydrogen) atoms. The summed E-state index contributed by atoms with van der Waals surface area (Å²) < 4.78 is 14.4. The molecule has 0 bridgehead atoms. The third kappa shape index (κ3) is 2.74. The normalized spacial score (nSPS) is 17.8. The Labute approximate surface area is 123 Å². The number of nitrogens with one attached hydrogen (secondary N) is 1. The Morgan fingerprint density at radius 3 is 2.70 bits per heavy atom. The van der Waals surface area contributed by atoms with Crippen LogP contribution in [0.5, 0.6) is 0 Å². The SMILES string of the molecule is CNC1CCCc2cc(Sc3ccccc3)cc(F)c21. The molecule has 1 unspecified atom stereocenters. The number of hydrogen-bond acceptors (Lipinski definition) is 2. The lowest BCUT2D eigenvalue weighted by Gasteiger charge is -2.26. The van der Waals surface area contributed by atoms with E-state index >= 15 is 0 Å². The van der Waals surface area contributed by atoms with E-state index in [2.05, 4.69) is 23.5 Å². The fourth-order valence-electron chi connectivity index (χ4n) is 2.86. The van der Waals surface area contributed by atoms with Gasteiger partial charge in [-0.3, -0.25) is 0 Å². The number of benzene rings is 2. The Kier molecular flexibility index (Phi) is 4.08. The van der Waals surface area contributed by atoms with Gasteiger partial charge in [-0.1, -0.05) is 30.0 Å². The maximum absolute atomic E-state index is 14.4. The molecule has 3 heteroatoms. The van der Waals surface area contributed by atoms with Crippen molar-refractivity contribution < 1.29 is 4.39 Å². The van der Waals surface area contributed by atoms with Gasteiger partial charge < -0.3 is 5.32 Å². The Hall–Kier alpha value is -1.32. The van der Waals surface area contributed by atoms with E-state index in [1.54, 1.807) is 17.8 Å². The average molecular weight is 287 g/mol. The molecule has 2 aromatic carbocycles. The average Bonchev–Trinajstić information content (AvgIpc) is 2.47. The second-order valence-electron chi connectivity index (χ2n) is 5.13. The summed E-state index contributed by atoms with van der Waals surface area (Å²) in [7, 11) is 1.91. The van der Waals surface area contributed by atoms with Crippen LogP contribution in [0, 0.1) is 5.82 Å². The number of hydrogen-bond donors (Lipinski definition) is 1. The Morgan fingerprint density at radius 1 is 1.15 bits per heavy atom. The highest BCUT2D eigenvalue weighted by Crippen LogP contribution is 2.36. The van der Waals surface area contributed by atoms with Crippen molar-refractivity contribution in [3.63, 3.8) is 0 Å². The Morgan fingerprint density at radius 2 is 1.95 bits per heavy atom. The lowest BCUT2D eigenvalue weighted by Crippen LogP contribution is -2.23. The second kappa shape index (κ2) is 5.98. The van der Waals surface area contributed by atoms with E-state index in [0.717, 1.165) is 40.2 Å². The largest absolute Gasteiger partial charge is 0.313 e. The summed E-state index contributed by atoms with van der Waals surface area (Å²) in [5.74, 6) is -0.0695. The summed E-state index contributed by atoms with van der Waals surface area (Å²) in [6, 6.07) is 14.1. The first kappa shape index (κ1) is 13.7. The van der Waals surface area contributed by atoms with Gasteiger partial charge in [0.25, 0.3) is 0 Å². The molecule has 2 aromatic rings. The molecule has 1 nitrogen and oxygen atoms in total. The zero-order valence-corrected chi connectivity index (χ0v) is 12.3. The highest BCUT2D eigenvalue weighted by molar-refractivity contribution is 7.99. The molecule has 1 aliphatic rings. The molecule has 0 heterocycles. The van der Waals surface area contributed by atoms with Crippen molar-refractivity contribution >= 4 is 11.8 Å². The first-order valence-corrected chi connectivity index (χ1v) is 7.82. The van der Waals surface area contributed by atoms with Gasteiger partial charge in [0.2, 0.25) is 0 Å². The standard InChI is InChI=1S/C17H18FNS/c1-19-16-9-5-6-12-10-14(11-15(18)17(12)16)20-13-7-3-2-4-8-13/h2-4,7-8,10-11,16,19H,5-6,9H2,1H3. The molecule has 0 aliphatic heterocycles. The van der Waals surface area contributed by atoms with Crippen LogP contribution in [0.3, 0.4) is 0 Å². The van der Waals surface area contributed by atoms with Gasteiger partial charge in [-0.25, -0.2) is 4.39 Å². The predicted molar refractivity (Wildman–Crippen MR) is 81.7 cm³/mol. The molecule has 0 saturated heterocycles. The van der Waals surface area contributed by atoms with Gasteiger partial charge in [-0.05, 0) is 56.1 Å². The number of rotatable bonds is 3. The predicted octanol–water partition coefficient (Wildman–Crippen LogP) is 4.57. The van der Waals surface area contributed by atoms with Gasteiger partial charge >= 0.3 is 0 Å². The van der Waals surface area contributed by atoms with Crippen molar-refractivity contribution in [3.8, 4) is 0 Å². The topological polar surface area (TPSA) is 12.0 Å². The summed E-state index contributed by atoms with van der Waals surface area (Å²) in [4.78, 5) is 2.14. The van der Waals surface area contributed by atoms with Gasteiger partial charge in [0.15, 0.2) is 0 Å². The molecule has 104 valence electrons. The number of fused-ring (bicyclic) bond motifs is 1. The minimum absolute atomic E-state index is 0.0695. The van der Waals surface area contributed by atoms with Crippen molar-refractivity contribution in [1.82, 2.24) is 5.32 Å². The van der Waals surface area contributed by atoms with Crippen LogP contribution in [0.15, 0.2) is 52.3 Å². The molecular weight excluding hydrogens is 269 g/mol. The van der Waals surface area contributed by atoms with E-state index in [4.69, 9.17) is 0 Å². The van der Waals surface area contributed by atoms with E-state index in [1.165, 1.54) is 0 Å². The third-order valence-electron chi connectivity index (χ3n) is 3.80. The van der Waals surface area contributed by atoms with Crippen LogP contribution >= 0.6 is 11.8 Å². The maximum Gasteiger partial charge on any atom is 0.129 e. The van der Waals surface area contributed by atoms with Gasteiger partial charge in [-0.2, -0.15) is 0 Å². The molecule has 0 fully saturated rings. The van der Waals surface area contributed by atoms with E-state index in [0.29, 0.717) is 0 Å². The minimum Gasteiger partial charge on any atom is -0.313 e. The molecule has 1 N–H and O–H groups in total. The van der Waals surface area contributed by atoms with Crippen molar-refractivity contribution in [2.24, 2.45) is 0 Å². The lowest BCUT2D eigenvalue weighted by molar-refractivity contribution is 0.464. The zero-order valence-electron chi connectivity index (χ0n) is 11.5. The molecule has 0 radical (unpaired) electrons. The first-order chi connectivity index (χ1) is 9.78. The van der Waals surface area contributed by atoms with Crippen LogP contribution in [-0.2, 0) is 6.42 Å². The molecule has 0 aromatic heterocycles. The Bertz CT molecular complexity index is 597. The van der Waals surface area contributed by atoms with Crippen LogP contribution in [0.25, 0.3) is 0 Å². The molecule has 3 rings (SSSR count). The number of aryl methyl sites for hydroxylation is 1. The van der Waals surface area contributed by atoms with E-state index in [-0.39, 0.29) is 11.9 Å². The molecule has 1 atom stereocenters. The molecular formula is C17H18FNS. The highest BCUT2D eigenvalue weighted by atomic mass is 32.2. The fourth-order valence-corrected chi connectivity index (χ4v) is 3.79. The van der Waals surface area contributed by atoms with Crippen LogP contribution < -0.4 is 5.32 Å². The van der Waals surface area contributed by atoms with Gasteiger partial charge in [0.05, 0.1) is 0 Å². The summed E-state index contributed by atoms with van der Waals surface area (Å²) in [6.45, 7) is 0. The van der Waals surface area contributed by atoms with Crippen molar-refractivity contribution in [1.29, 1.82) is 0 Å². The molecule has 1 aliphatic carbocycles. The van der Waals surface area contributed by atoms with E-state index in [1.807, 2.05) is 25.2 Å². The van der Waals surface area contributed by atoms with Gasteiger partial charge in [0.1, 0.15) is 5.82 Å². The van der Waals surface area contributed by atoms with Crippen molar-refractivity contribution in [2.75, 3.05) is 7.05 Å². The second-order valence-corrected chi connectivity index (χ2v) is 6.27. The molecule has 0 saturated carbocycles. The highest BCUT2D eigenvalue weighted by Gasteiger charge is 2.23. The summed E-state index contributed by atoms with van der Waals surface area (Å²) in [5.41, 5.74) is 2.03. The maximum atomic E-state index is 14.4. The van der Waals surface area contributed by atoms with Crippen LogP contribution in [0.2, 0.25) is 0 Å². The van der Waals surface area contributed by atoms with E-state index < -0.39 is 0 Å². The fraction of sp³-hybridized carbons (Fsp3) is 0.294. The molecule has 0 spiro atoms. The minimum atomic E-state index is -0.0695. The first-order valence-electron chi connectivity index (χ1n) is 7.00. The van der Waals surface area contributed by atoms with E-state index in [9.17, 15) is 4.39 Å². The Balaban J connectivity index is 1.93. The molecule has 0 amide bonds. The summed E-state index contributed by atoms with van der Waals surface area (Å²) in [6.07, 6.45) is 3.12. The summed E-state index contributed by atoms with van der Waals surface area (Å²) in [5, 5.41) is 3.22. The van der Waals surface area contributed by atoms with Crippen LogP contribution in [-0.4, -0.2) is 7.05 Å². The number of halogens is 1. The zero-order chi connectivity index (χ0) is 13.9. The lowest BCUT2D eigenvalue weighted by atomic mass is 9.87. The smallest absolute Gasteiger partial charge is 0.129 e. The quantitative estimate of drug-likeness (QED) is 0.887. The van der Waals surface area contributed by atoms with Crippen LogP contribution in [0.4, 0.5) is 4.39 Å². The third-order valence-corrected chi connectivity index (χ3v) is 4.78. The van der Waals surface area contributed by atoms with Gasteiger partial charge in [-0.15, -0.1) is 0 Å². The van der Waals surface area contributed by atoms with Crippen molar-refractivity contribution in [2.45, 2.75) is 35.1 Å². The summed E-state index contributed by atoms with van der Waals surface area (Å²) >= 11 is 1.62. The monoisotopic (exact) mass is 287 g/mol.